The van der Waals surface area contributed by atoms with Gasteiger partial charge >= 0.3 is 6.09 Å². The second-order valence-electron chi connectivity index (χ2n) is 14.5. The normalized spacial score (nSPS) is 18.1. The van der Waals surface area contributed by atoms with Crippen LogP contribution in [0, 0.1) is 29.6 Å². The first-order valence-electron chi connectivity index (χ1n) is 16.5. The Bertz CT molecular complexity index is 1080. The topological polar surface area (TPSA) is 98.3 Å². The average Bonchev–Trinajstić information content (AvgIpc) is 2.94. The van der Waals surface area contributed by atoms with Gasteiger partial charge in [0.2, 0.25) is 5.91 Å². The lowest BCUT2D eigenvalue weighted by atomic mass is 9.83. The van der Waals surface area contributed by atoms with E-state index in [1.165, 1.54) is 0 Å². The molecule has 0 spiro atoms. The Kier molecular flexibility index (Phi) is 14.6. The van der Waals surface area contributed by atoms with Gasteiger partial charge in [0.15, 0.2) is 0 Å². The molecule has 44 heavy (non-hydrogen) atoms. The molecule has 2 rings (SSSR count). The van der Waals surface area contributed by atoms with Gasteiger partial charge in [0.1, 0.15) is 23.0 Å². The van der Waals surface area contributed by atoms with E-state index in [-0.39, 0.29) is 36.6 Å². The highest BCUT2D eigenvalue weighted by molar-refractivity contribution is 5.95. The van der Waals surface area contributed by atoms with Crippen molar-refractivity contribution >= 4 is 23.6 Å². The van der Waals surface area contributed by atoms with Gasteiger partial charge in [0, 0.05) is 63.0 Å². The van der Waals surface area contributed by atoms with E-state index in [9.17, 15) is 14.4 Å². The fourth-order valence-electron chi connectivity index (χ4n) is 5.83. The van der Waals surface area contributed by atoms with Gasteiger partial charge in [-0.25, -0.2) is 9.78 Å². The minimum Gasteiger partial charge on any atom is -0.496 e. The van der Waals surface area contributed by atoms with Crippen LogP contribution in [0.5, 0.6) is 5.75 Å². The molecule has 0 aromatic carbocycles. The molecule has 9 heteroatoms. The second-order valence-corrected chi connectivity index (χ2v) is 14.5. The number of ether oxygens (including phenoxy) is 3. The van der Waals surface area contributed by atoms with Crippen LogP contribution in [0.15, 0.2) is 12.3 Å². The summed E-state index contributed by atoms with van der Waals surface area (Å²) in [5.41, 5.74) is 0.270. The predicted octanol–water partition coefficient (Wildman–Crippen LogP) is 7.12. The molecule has 0 bridgehead atoms. The summed E-state index contributed by atoms with van der Waals surface area (Å²) in [7, 11) is 1.62. The van der Waals surface area contributed by atoms with E-state index in [0.717, 1.165) is 18.4 Å². The molecule has 1 saturated heterocycles. The monoisotopic (exact) mass is 617 g/mol. The number of amides is 2. The molecule has 250 valence electrons. The van der Waals surface area contributed by atoms with Gasteiger partial charge in [-0.05, 0) is 70.6 Å². The van der Waals surface area contributed by atoms with Crippen LogP contribution in [0.1, 0.15) is 106 Å². The molecule has 0 saturated carbocycles. The highest BCUT2D eigenvalue weighted by Crippen LogP contribution is 2.33. The molecule has 1 aromatic heterocycles. The molecule has 9 nitrogen and oxygen atoms in total. The van der Waals surface area contributed by atoms with Crippen molar-refractivity contribution < 1.29 is 28.6 Å². The summed E-state index contributed by atoms with van der Waals surface area (Å²) in [6.45, 7) is 22.2. The van der Waals surface area contributed by atoms with Crippen molar-refractivity contribution in [2.24, 2.45) is 29.6 Å². The van der Waals surface area contributed by atoms with Crippen LogP contribution < -0.4 is 9.64 Å². The van der Waals surface area contributed by atoms with Crippen LogP contribution in [0.25, 0.3) is 0 Å². The number of pyridine rings is 1. The standard InChI is InChI=1S/C35H59N3O6/c1-12-43-22-26(15-23(2)3)13-14-30(39)27-16-28(21-37(20-27)34(41)44-35(8,9)10)33(40)38(19-24(4)5)32-17-31(42-11)29(18-36-32)25(6)7/h17-18,23-28H,12-16,19-22H2,1-11H3/t26-,27+,28-/m1/s1. The largest absolute Gasteiger partial charge is 0.496 e. The lowest BCUT2D eigenvalue weighted by Crippen LogP contribution is -2.52. The highest BCUT2D eigenvalue weighted by atomic mass is 16.6. The summed E-state index contributed by atoms with van der Waals surface area (Å²) in [6, 6.07) is 1.82. The Morgan fingerprint density at radius 1 is 1.05 bits per heavy atom. The first-order chi connectivity index (χ1) is 20.6. The zero-order valence-corrected chi connectivity index (χ0v) is 29.3. The van der Waals surface area contributed by atoms with Gasteiger partial charge < -0.3 is 19.1 Å². The number of Topliss-reactive ketones (excluding diaryl/α,β-unsaturated/α-hetero) is 1. The number of hydrogen-bond acceptors (Lipinski definition) is 7. The van der Waals surface area contributed by atoms with Crippen molar-refractivity contribution in [1.82, 2.24) is 9.88 Å². The summed E-state index contributed by atoms with van der Waals surface area (Å²) in [5, 5.41) is 0. The third-order valence-corrected chi connectivity index (χ3v) is 7.88. The Morgan fingerprint density at radius 2 is 1.70 bits per heavy atom. The van der Waals surface area contributed by atoms with E-state index in [2.05, 4.69) is 46.5 Å². The van der Waals surface area contributed by atoms with Crippen LogP contribution in [0.3, 0.4) is 0 Å². The molecule has 1 aromatic rings. The third-order valence-electron chi connectivity index (χ3n) is 7.88. The molecule has 1 aliphatic heterocycles. The maximum absolute atomic E-state index is 14.3. The summed E-state index contributed by atoms with van der Waals surface area (Å²) in [4.78, 5) is 49.2. The highest BCUT2D eigenvalue weighted by Gasteiger charge is 2.40. The molecule has 0 unspecified atom stereocenters. The number of carbonyl (C=O) groups excluding carboxylic acids is 3. The number of carbonyl (C=O) groups is 3. The van der Waals surface area contributed by atoms with Crippen molar-refractivity contribution in [3.8, 4) is 5.75 Å². The first kappa shape index (κ1) is 37.5. The van der Waals surface area contributed by atoms with Gasteiger partial charge in [-0.3, -0.25) is 14.5 Å². The molecule has 2 heterocycles. The Hall–Kier alpha value is -2.68. The number of ketones is 1. The quantitative estimate of drug-likeness (QED) is 0.207. The summed E-state index contributed by atoms with van der Waals surface area (Å²) in [5.74, 6) is 1.27. The van der Waals surface area contributed by atoms with Crippen LogP contribution in [0.2, 0.25) is 0 Å². The van der Waals surface area contributed by atoms with Crippen molar-refractivity contribution in [3.05, 3.63) is 17.8 Å². The molecule has 2 amide bonds. The number of likely N-dealkylation sites (tertiary alicyclic amines) is 1. The van der Waals surface area contributed by atoms with Crippen molar-refractivity contribution in [3.63, 3.8) is 0 Å². The smallest absolute Gasteiger partial charge is 0.410 e. The van der Waals surface area contributed by atoms with Crippen molar-refractivity contribution in [2.75, 3.05) is 44.9 Å². The van der Waals surface area contributed by atoms with Crippen molar-refractivity contribution in [2.45, 2.75) is 106 Å². The SMILES string of the molecule is CCOC[C@H](CCC(=O)[C@H]1C[C@@H](C(=O)N(CC(C)C)c2cc(OC)c(C(C)C)cn2)CN(C(=O)OC(C)(C)C)C1)CC(C)C. The van der Waals surface area contributed by atoms with E-state index in [1.807, 2.05) is 33.8 Å². The van der Waals surface area contributed by atoms with Gasteiger partial charge in [-0.15, -0.1) is 0 Å². The van der Waals surface area contributed by atoms with Gasteiger partial charge in [0.25, 0.3) is 0 Å². The molecule has 3 atom stereocenters. The zero-order chi connectivity index (χ0) is 33.2. The molecular weight excluding hydrogens is 558 g/mol. The van der Waals surface area contributed by atoms with Gasteiger partial charge in [-0.2, -0.15) is 0 Å². The van der Waals surface area contributed by atoms with Crippen LogP contribution in [-0.2, 0) is 19.1 Å². The molecule has 0 aliphatic carbocycles. The number of nitrogens with zero attached hydrogens (tertiary/aromatic N) is 3. The average molecular weight is 618 g/mol. The van der Waals surface area contributed by atoms with Crippen LogP contribution >= 0.6 is 0 Å². The number of rotatable bonds is 15. The number of methoxy groups -OCH3 is 1. The molecule has 1 fully saturated rings. The second kappa shape index (κ2) is 17.1. The number of aromatic nitrogens is 1. The first-order valence-corrected chi connectivity index (χ1v) is 16.5. The van der Waals surface area contributed by atoms with Crippen molar-refractivity contribution in [1.29, 1.82) is 0 Å². The third kappa shape index (κ3) is 11.7. The van der Waals surface area contributed by atoms with Gasteiger partial charge in [-0.1, -0.05) is 41.5 Å². The Labute approximate surface area is 266 Å². The number of anilines is 1. The van der Waals surface area contributed by atoms with E-state index in [0.29, 0.717) is 56.0 Å². The number of hydrogen-bond donors (Lipinski definition) is 0. The maximum atomic E-state index is 14.3. The Morgan fingerprint density at radius 3 is 2.25 bits per heavy atom. The molecule has 0 radical (unpaired) electrons. The summed E-state index contributed by atoms with van der Waals surface area (Å²) < 4.78 is 17.1. The molecule has 1 aliphatic rings. The number of piperidine rings is 1. The van der Waals surface area contributed by atoms with E-state index in [1.54, 1.807) is 23.1 Å². The van der Waals surface area contributed by atoms with Gasteiger partial charge in [0.05, 0.1) is 13.0 Å². The Balaban J connectivity index is 2.38. The fourth-order valence-corrected chi connectivity index (χ4v) is 5.83. The maximum Gasteiger partial charge on any atom is 0.410 e. The van der Waals surface area contributed by atoms with Crippen LogP contribution in [-0.4, -0.2) is 73.2 Å². The zero-order valence-electron chi connectivity index (χ0n) is 29.3. The summed E-state index contributed by atoms with van der Waals surface area (Å²) in [6.07, 6.45) is 3.76. The van der Waals surface area contributed by atoms with E-state index >= 15 is 0 Å². The van der Waals surface area contributed by atoms with E-state index < -0.39 is 23.5 Å². The molecule has 0 N–H and O–H groups in total. The lowest BCUT2D eigenvalue weighted by molar-refractivity contribution is -0.129. The minimum atomic E-state index is -0.695. The van der Waals surface area contributed by atoms with Crippen LogP contribution in [0.4, 0.5) is 10.6 Å². The molecular formula is C35H59N3O6. The summed E-state index contributed by atoms with van der Waals surface area (Å²) >= 11 is 0. The lowest BCUT2D eigenvalue weighted by Gasteiger charge is -2.39. The fraction of sp³-hybridized carbons (Fsp3) is 0.771. The minimum absolute atomic E-state index is 0.0813. The van der Waals surface area contributed by atoms with E-state index in [4.69, 9.17) is 14.2 Å². The predicted molar refractivity (Wildman–Crippen MR) is 175 cm³/mol.